The molecule has 2 aromatic rings. The predicted octanol–water partition coefficient (Wildman–Crippen LogP) is 4.62. The number of hydrogen-bond donors (Lipinski definition) is 0. The number of nitro groups is 1. The van der Waals surface area contributed by atoms with Crippen molar-refractivity contribution in [3.8, 4) is 0 Å². The standard InChI is InChI=1S/C15H17BrN2O2S/c1-11(8-14-4-3-7-21-14)17(2)15-6-5-13(18(19)20)9-12(15)10-16/h3-7,9,11H,8,10H2,1-2H3. The summed E-state index contributed by atoms with van der Waals surface area (Å²) in [5.74, 6) is 0. The van der Waals surface area contributed by atoms with Gasteiger partial charge in [-0.3, -0.25) is 10.1 Å². The molecular formula is C15H17BrN2O2S. The number of benzene rings is 1. The molecule has 1 unspecified atom stereocenters. The lowest BCUT2D eigenvalue weighted by molar-refractivity contribution is -0.384. The van der Waals surface area contributed by atoms with Crippen molar-refractivity contribution >= 4 is 38.6 Å². The third kappa shape index (κ3) is 3.83. The molecule has 4 nitrogen and oxygen atoms in total. The van der Waals surface area contributed by atoms with Crippen molar-refractivity contribution in [2.75, 3.05) is 11.9 Å². The van der Waals surface area contributed by atoms with E-state index in [1.54, 1.807) is 23.5 Å². The van der Waals surface area contributed by atoms with Crippen molar-refractivity contribution in [2.24, 2.45) is 0 Å². The number of alkyl halides is 1. The second-order valence-corrected chi connectivity index (χ2v) is 6.54. The highest BCUT2D eigenvalue weighted by molar-refractivity contribution is 9.08. The van der Waals surface area contributed by atoms with Gasteiger partial charge < -0.3 is 4.90 Å². The van der Waals surface area contributed by atoms with Crippen molar-refractivity contribution in [2.45, 2.75) is 24.7 Å². The van der Waals surface area contributed by atoms with E-state index in [-0.39, 0.29) is 10.6 Å². The first kappa shape index (κ1) is 16.0. The second-order valence-electron chi connectivity index (χ2n) is 4.95. The summed E-state index contributed by atoms with van der Waals surface area (Å²) in [7, 11) is 2.03. The first-order valence-electron chi connectivity index (χ1n) is 6.61. The van der Waals surface area contributed by atoms with E-state index in [1.807, 2.05) is 13.1 Å². The molecule has 1 heterocycles. The topological polar surface area (TPSA) is 46.4 Å². The Kier molecular flexibility index (Phi) is 5.36. The normalized spacial score (nSPS) is 12.1. The lowest BCUT2D eigenvalue weighted by Gasteiger charge is -2.28. The molecule has 0 saturated heterocycles. The molecule has 6 heteroatoms. The number of likely N-dealkylation sites (N-methyl/N-ethyl adjacent to an activating group) is 1. The van der Waals surface area contributed by atoms with Gasteiger partial charge in [-0.25, -0.2) is 0 Å². The molecule has 0 N–H and O–H groups in total. The van der Waals surface area contributed by atoms with Gasteiger partial charge >= 0.3 is 0 Å². The Bertz CT molecular complexity index is 616. The van der Waals surface area contributed by atoms with Gasteiger partial charge in [-0.05, 0) is 30.0 Å². The highest BCUT2D eigenvalue weighted by Gasteiger charge is 2.17. The molecule has 0 aliphatic rings. The van der Waals surface area contributed by atoms with Crippen LogP contribution in [-0.2, 0) is 11.8 Å². The molecule has 1 atom stereocenters. The largest absolute Gasteiger partial charge is 0.371 e. The number of halogens is 1. The van der Waals surface area contributed by atoms with Gasteiger partial charge in [0.1, 0.15) is 0 Å². The molecule has 0 radical (unpaired) electrons. The fraction of sp³-hybridized carbons (Fsp3) is 0.333. The maximum Gasteiger partial charge on any atom is 0.269 e. The van der Waals surface area contributed by atoms with Crippen LogP contribution in [0.2, 0.25) is 0 Å². The monoisotopic (exact) mass is 368 g/mol. The summed E-state index contributed by atoms with van der Waals surface area (Å²) in [6, 6.07) is 9.55. The van der Waals surface area contributed by atoms with Crippen LogP contribution in [-0.4, -0.2) is 18.0 Å². The van der Waals surface area contributed by atoms with Crippen LogP contribution in [0.1, 0.15) is 17.4 Å². The molecule has 0 spiro atoms. The first-order valence-corrected chi connectivity index (χ1v) is 8.61. The summed E-state index contributed by atoms with van der Waals surface area (Å²) in [6.45, 7) is 2.17. The van der Waals surface area contributed by atoms with Crippen molar-refractivity contribution < 1.29 is 4.92 Å². The van der Waals surface area contributed by atoms with E-state index in [0.29, 0.717) is 11.4 Å². The molecule has 1 aromatic carbocycles. The molecule has 21 heavy (non-hydrogen) atoms. The van der Waals surface area contributed by atoms with Gasteiger partial charge in [0.2, 0.25) is 0 Å². The molecule has 0 saturated carbocycles. The number of non-ortho nitro benzene ring substituents is 1. The minimum Gasteiger partial charge on any atom is -0.371 e. The number of nitro benzene ring substituents is 1. The average Bonchev–Trinajstić information content (AvgIpc) is 2.98. The molecule has 112 valence electrons. The summed E-state index contributed by atoms with van der Waals surface area (Å²) >= 11 is 5.18. The molecule has 0 amide bonds. The Hall–Kier alpha value is -1.40. The van der Waals surface area contributed by atoms with Crippen LogP contribution < -0.4 is 4.90 Å². The van der Waals surface area contributed by atoms with Gasteiger partial charge in [0.05, 0.1) is 4.92 Å². The van der Waals surface area contributed by atoms with Crippen molar-refractivity contribution in [1.82, 2.24) is 0 Å². The van der Waals surface area contributed by atoms with E-state index in [2.05, 4.69) is 45.3 Å². The average molecular weight is 369 g/mol. The van der Waals surface area contributed by atoms with E-state index < -0.39 is 0 Å². The molecular weight excluding hydrogens is 352 g/mol. The zero-order valence-electron chi connectivity index (χ0n) is 12.0. The first-order chi connectivity index (χ1) is 10.0. The third-order valence-electron chi connectivity index (χ3n) is 3.54. The summed E-state index contributed by atoms with van der Waals surface area (Å²) in [4.78, 5) is 14.0. The van der Waals surface area contributed by atoms with Crippen molar-refractivity contribution in [1.29, 1.82) is 0 Å². The Morgan fingerprint density at radius 1 is 1.43 bits per heavy atom. The van der Waals surface area contributed by atoms with Gasteiger partial charge in [0.15, 0.2) is 0 Å². The smallest absolute Gasteiger partial charge is 0.269 e. The summed E-state index contributed by atoms with van der Waals surface area (Å²) in [6.07, 6.45) is 0.965. The summed E-state index contributed by atoms with van der Waals surface area (Å²) in [5.41, 5.74) is 2.10. The van der Waals surface area contributed by atoms with E-state index in [4.69, 9.17) is 0 Å². The zero-order valence-corrected chi connectivity index (χ0v) is 14.4. The van der Waals surface area contributed by atoms with Crippen LogP contribution >= 0.6 is 27.3 Å². The van der Waals surface area contributed by atoms with Gasteiger partial charge in [-0.15, -0.1) is 11.3 Å². The Morgan fingerprint density at radius 2 is 2.19 bits per heavy atom. The van der Waals surface area contributed by atoms with Crippen molar-refractivity contribution in [3.63, 3.8) is 0 Å². The Labute approximate surface area is 136 Å². The minimum absolute atomic E-state index is 0.132. The van der Waals surface area contributed by atoms with Crippen LogP contribution in [0.3, 0.4) is 0 Å². The summed E-state index contributed by atoms with van der Waals surface area (Å²) in [5, 5.41) is 13.6. The Morgan fingerprint density at radius 3 is 2.76 bits per heavy atom. The van der Waals surface area contributed by atoms with Crippen LogP contribution in [0, 0.1) is 10.1 Å². The zero-order chi connectivity index (χ0) is 15.4. The summed E-state index contributed by atoms with van der Waals surface area (Å²) < 4.78 is 0. The molecule has 1 aromatic heterocycles. The van der Waals surface area contributed by atoms with Gasteiger partial charge in [0, 0.05) is 47.5 Å². The van der Waals surface area contributed by atoms with Crippen molar-refractivity contribution in [3.05, 3.63) is 56.3 Å². The number of rotatable bonds is 6. The van der Waals surface area contributed by atoms with Crippen LogP contribution in [0.5, 0.6) is 0 Å². The maximum atomic E-state index is 10.9. The number of hydrogen-bond acceptors (Lipinski definition) is 4. The Balaban J connectivity index is 2.21. The number of nitrogens with zero attached hydrogens (tertiary/aromatic N) is 2. The van der Waals surface area contributed by atoms with Crippen LogP contribution in [0.25, 0.3) is 0 Å². The third-order valence-corrected chi connectivity index (χ3v) is 5.04. The van der Waals surface area contributed by atoms with Gasteiger partial charge in [0.25, 0.3) is 5.69 Å². The van der Waals surface area contributed by atoms with E-state index in [0.717, 1.165) is 17.7 Å². The fourth-order valence-corrected chi connectivity index (χ4v) is 3.51. The van der Waals surface area contributed by atoms with E-state index in [1.165, 1.54) is 4.88 Å². The molecule has 0 bridgehead atoms. The highest BCUT2D eigenvalue weighted by atomic mass is 79.9. The SMILES string of the molecule is CC(Cc1cccs1)N(C)c1ccc([N+](=O)[O-])cc1CBr. The predicted molar refractivity (Wildman–Crippen MR) is 91.6 cm³/mol. The fourth-order valence-electron chi connectivity index (χ4n) is 2.23. The molecule has 0 aliphatic heterocycles. The lowest BCUT2D eigenvalue weighted by atomic mass is 10.1. The van der Waals surface area contributed by atoms with E-state index in [9.17, 15) is 10.1 Å². The highest BCUT2D eigenvalue weighted by Crippen LogP contribution is 2.28. The number of thiophene rings is 1. The molecule has 0 aliphatic carbocycles. The minimum atomic E-state index is -0.356. The van der Waals surface area contributed by atoms with Gasteiger partial charge in [-0.2, -0.15) is 0 Å². The molecule has 2 rings (SSSR count). The second kappa shape index (κ2) is 7.04. The van der Waals surface area contributed by atoms with Crippen LogP contribution in [0.4, 0.5) is 11.4 Å². The maximum absolute atomic E-state index is 10.9. The van der Waals surface area contributed by atoms with Crippen LogP contribution in [0.15, 0.2) is 35.7 Å². The lowest BCUT2D eigenvalue weighted by Crippen LogP contribution is -2.31. The van der Waals surface area contributed by atoms with E-state index >= 15 is 0 Å². The quantitative estimate of drug-likeness (QED) is 0.424. The number of anilines is 1. The van der Waals surface area contributed by atoms with Gasteiger partial charge in [-0.1, -0.05) is 22.0 Å². The molecule has 0 fully saturated rings.